The molecule has 0 unspecified atom stereocenters. The SMILES string of the molecule is Cc1cc(OC(=O)c2ccco2)cc(S(=O)(=O)NCCc2ccc3c(c2)CCO3)c1. The van der Waals surface area contributed by atoms with E-state index < -0.39 is 16.0 Å². The molecule has 0 spiro atoms. The van der Waals surface area contributed by atoms with Gasteiger partial charge in [0.25, 0.3) is 0 Å². The van der Waals surface area contributed by atoms with E-state index in [1.807, 2.05) is 12.1 Å². The highest BCUT2D eigenvalue weighted by atomic mass is 32.2. The van der Waals surface area contributed by atoms with Gasteiger partial charge in [-0.3, -0.25) is 0 Å². The average molecular weight is 427 g/mol. The quantitative estimate of drug-likeness (QED) is 0.459. The Hall–Kier alpha value is -3.10. The highest BCUT2D eigenvalue weighted by molar-refractivity contribution is 7.89. The molecule has 0 bridgehead atoms. The van der Waals surface area contributed by atoms with E-state index in [0.29, 0.717) is 18.6 Å². The molecule has 4 rings (SSSR count). The molecule has 0 atom stereocenters. The lowest BCUT2D eigenvalue weighted by molar-refractivity contribution is 0.0701. The lowest BCUT2D eigenvalue weighted by atomic mass is 10.1. The van der Waals surface area contributed by atoms with Crippen molar-refractivity contribution in [3.63, 3.8) is 0 Å². The van der Waals surface area contributed by atoms with Crippen LogP contribution in [0.15, 0.2) is 64.1 Å². The first kappa shape index (κ1) is 20.2. The van der Waals surface area contributed by atoms with Gasteiger partial charge in [-0.2, -0.15) is 0 Å². The van der Waals surface area contributed by atoms with Crippen LogP contribution in [0, 0.1) is 6.92 Å². The maximum absolute atomic E-state index is 12.7. The number of nitrogens with one attached hydrogen (secondary N) is 1. The fraction of sp³-hybridized carbons (Fsp3) is 0.227. The van der Waals surface area contributed by atoms with E-state index in [2.05, 4.69) is 10.8 Å². The highest BCUT2D eigenvalue weighted by Crippen LogP contribution is 2.26. The minimum Gasteiger partial charge on any atom is -0.493 e. The Bertz CT molecular complexity index is 1170. The number of rotatable bonds is 7. The van der Waals surface area contributed by atoms with Crippen LogP contribution in [0.4, 0.5) is 0 Å². The summed E-state index contributed by atoms with van der Waals surface area (Å²) in [5.74, 6) is 0.382. The van der Waals surface area contributed by atoms with Crippen LogP contribution in [0.5, 0.6) is 11.5 Å². The number of furan rings is 1. The molecule has 0 amide bonds. The van der Waals surface area contributed by atoms with Crippen LogP contribution >= 0.6 is 0 Å². The molecule has 2 aromatic carbocycles. The molecule has 1 aromatic heterocycles. The van der Waals surface area contributed by atoms with Crippen molar-refractivity contribution in [3.8, 4) is 11.5 Å². The van der Waals surface area contributed by atoms with E-state index in [1.165, 1.54) is 24.5 Å². The van der Waals surface area contributed by atoms with Crippen LogP contribution in [0.2, 0.25) is 0 Å². The fourth-order valence-electron chi connectivity index (χ4n) is 3.29. The molecule has 3 aromatic rings. The third-order valence-corrected chi connectivity index (χ3v) is 6.17. The van der Waals surface area contributed by atoms with E-state index in [9.17, 15) is 13.2 Å². The number of carbonyl (C=O) groups is 1. The van der Waals surface area contributed by atoms with Gasteiger partial charge < -0.3 is 13.9 Å². The minimum atomic E-state index is -3.77. The van der Waals surface area contributed by atoms with Crippen molar-refractivity contribution in [3.05, 3.63) is 77.2 Å². The van der Waals surface area contributed by atoms with Gasteiger partial charge in [-0.25, -0.2) is 17.9 Å². The normalized spacial score (nSPS) is 13.0. The van der Waals surface area contributed by atoms with Gasteiger partial charge >= 0.3 is 5.97 Å². The Morgan fingerprint density at radius 3 is 2.83 bits per heavy atom. The van der Waals surface area contributed by atoms with E-state index in [-0.39, 0.29) is 22.9 Å². The van der Waals surface area contributed by atoms with Crippen LogP contribution in [-0.4, -0.2) is 27.5 Å². The summed E-state index contributed by atoms with van der Waals surface area (Å²) in [6.07, 6.45) is 2.79. The van der Waals surface area contributed by atoms with Crippen molar-refractivity contribution in [1.29, 1.82) is 0 Å². The number of carbonyl (C=O) groups excluding carboxylic acids is 1. The zero-order valence-electron chi connectivity index (χ0n) is 16.4. The zero-order chi connectivity index (χ0) is 21.1. The first-order chi connectivity index (χ1) is 14.4. The number of benzene rings is 2. The second kappa shape index (κ2) is 8.33. The van der Waals surface area contributed by atoms with Gasteiger partial charge in [0.15, 0.2) is 0 Å². The second-order valence-electron chi connectivity index (χ2n) is 7.04. The van der Waals surface area contributed by atoms with Crippen molar-refractivity contribution in [1.82, 2.24) is 4.72 Å². The summed E-state index contributed by atoms with van der Waals surface area (Å²) in [6, 6.07) is 13.4. The number of hydrogen-bond donors (Lipinski definition) is 1. The number of hydrogen-bond acceptors (Lipinski definition) is 6. The third-order valence-electron chi connectivity index (χ3n) is 4.73. The van der Waals surface area contributed by atoms with Crippen LogP contribution < -0.4 is 14.2 Å². The van der Waals surface area contributed by atoms with Crippen LogP contribution in [0.3, 0.4) is 0 Å². The maximum atomic E-state index is 12.7. The van der Waals surface area contributed by atoms with Crippen LogP contribution in [-0.2, 0) is 22.9 Å². The molecule has 0 aliphatic carbocycles. The topological polar surface area (TPSA) is 94.8 Å². The van der Waals surface area contributed by atoms with Crippen LogP contribution in [0.1, 0.15) is 27.2 Å². The standard InChI is InChI=1S/C22H21NO6S/c1-15-11-18(29-22(24)21-3-2-9-27-21)14-19(12-15)30(25,26)23-8-6-16-4-5-20-17(13-16)7-10-28-20/h2-5,9,11-14,23H,6-8,10H2,1H3. The lowest BCUT2D eigenvalue weighted by Gasteiger charge is -2.10. The van der Waals surface area contributed by atoms with Gasteiger partial charge in [0.05, 0.1) is 17.8 Å². The van der Waals surface area contributed by atoms with Gasteiger partial charge in [-0.05, 0) is 60.4 Å². The van der Waals surface area contributed by atoms with Crippen molar-refractivity contribution in [2.24, 2.45) is 0 Å². The van der Waals surface area contributed by atoms with Gasteiger partial charge in [-0.15, -0.1) is 0 Å². The maximum Gasteiger partial charge on any atom is 0.379 e. The molecular formula is C22H21NO6S. The molecule has 1 N–H and O–H groups in total. The molecule has 8 heteroatoms. The smallest absolute Gasteiger partial charge is 0.379 e. The first-order valence-corrected chi connectivity index (χ1v) is 11.0. The largest absolute Gasteiger partial charge is 0.493 e. The summed E-state index contributed by atoms with van der Waals surface area (Å²) in [7, 11) is -3.77. The summed E-state index contributed by atoms with van der Waals surface area (Å²) in [4.78, 5) is 12.1. The Morgan fingerprint density at radius 1 is 1.17 bits per heavy atom. The number of sulfonamides is 1. The zero-order valence-corrected chi connectivity index (χ0v) is 17.2. The Balaban J connectivity index is 1.43. The van der Waals surface area contributed by atoms with E-state index in [4.69, 9.17) is 13.9 Å². The first-order valence-electron chi connectivity index (χ1n) is 9.52. The summed E-state index contributed by atoms with van der Waals surface area (Å²) >= 11 is 0. The molecule has 156 valence electrons. The number of fused-ring (bicyclic) bond motifs is 1. The summed E-state index contributed by atoms with van der Waals surface area (Å²) < 4.78 is 43.8. The van der Waals surface area contributed by atoms with Gasteiger partial charge in [-0.1, -0.05) is 12.1 Å². The molecule has 7 nitrogen and oxygen atoms in total. The minimum absolute atomic E-state index is 0.0344. The molecule has 0 radical (unpaired) electrons. The highest BCUT2D eigenvalue weighted by Gasteiger charge is 2.18. The van der Waals surface area contributed by atoms with Gasteiger partial charge in [0.1, 0.15) is 11.5 Å². The van der Waals surface area contributed by atoms with Crippen molar-refractivity contribution in [2.45, 2.75) is 24.7 Å². The van der Waals surface area contributed by atoms with Crippen molar-refractivity contribution >= 4 is 16.0 Å². The summed E-state index contributed by atoms with van der Waals surface area (Å²) in [6.45, 7) is 2.67. The number of aryl methyl sites for hydroxylation is 1. The van der Waals surface area contributed by atoms with Crippen LogP contribution in [0.25, 0.3) is 0 Å². The van der Waals surface area contributed by atoms with Crippen molar-refractivity contribution < 1.29 is 27.1 Å². The molecule has 0 fully saturated rings. The van der Waals surface area contributed by atoms with Gasteiger partial charge in [0, 0.05) is 19.0 Å². The van der Waals surface area contributed by atoms with E-state index in [0.717, 1.165) is 23.3 Å². The molecule has 1 aliphatic rings. The molecule has 1 aliphatic heterocycles. The predicted octanol–water partition coefficient (Wildman–Crippen LogP) is 3.26. The van der Waals surface area contributed by atoms with Gasteiger partial charge in [0.2, 0.25) is 15.8 Å². The Labute approximate surface area is 174 Å². The molecule has 30 heavy (non-hydrogen) atoms. The molecule has 0 saturated carbocycles. The molecule has 2 heterocycles. The van der Waals surface area contributed by atoms with Crippen molar-refractivity contribution in [2.75, 3.05) is 13.2 Å². The second-order valence-corrected chi connectivity index (χ2v) is 8.80. The number of ether oxygens (including phenoxy) is 2. The average Bonchev–Trinajstić information content (AvgIpc) is 3.39. The number of esters is 1. The predicted molar refractivity (Wildman–Crippen MR) is 109 cm³/mol. The summed E-state index contributed by atoms with van der Waals surface area (Å²) in [5.41, 5.74) is 2.84. The molecular weight excluding hydrogens is 406 g/mol. The third kappa shape index (κ3) is 4.55. The molecule has 0 saturated heterocycles. The lowest BCUT2D eigenvalue weighted by Crippen LogP contribution is -2.26. The Morgan fingerprint density at radius 2 is 2.03 bits per heavy atom. The fourth-order valence-corrected chi connectivity index (χ4v) is 4.44. The Kier molecular flexibility index (Phi) is 5.61. The van der Waals surface area contributed by atoms with E-state index in [1.54, 1.807) is 19.1 Å². The monoisotopic (exact) mass is 427 g/mol. The summed E-state index contributed by atoms with van der Waals surface area (Å²) in [5, 5.41) is 0. The van der Waals surface area contributed by atoms with E-state index >= 15 is 0 Å².